The summed E-state index contributed by atoms with van der Waals surface area (Å²) < 4.78 is 0. The van der Waals surface area contributed by atoms with Crippen molar-refractivity contribution in [2.75, 3.05) is 0 Å². The highest BCUT2D eigenvalue weighted by Crippen LogP contribution is 2.68. The molecule has 5 saturated carbocycles. The van der Waals surface area contributed by atoms with E-state index in [2.05, 4.69) is 90.1 Å². The van der Waals surface area contributed by atoms with E-state index in [1.165, 1.54) is 244 Å². The Hall–Kier alpha value is -1.86. The minimum atomic E-state index is 0.0488. The third-order valence-corrected chi connectivity index (χ3v) is 25.7. The molecule has 4 heterocycles. The summed E-state index contributed by atoms with van der Waals surface area (Å²) in [5.74, 6) is 7.70. The molecule has 4 aromatic rings. The Bertz CT molecular complexity index is 2360. The van der Waals surface area contributed by atoms with Gasteiger partial charge in [0.2, 0.25) is 0 Å². The summed E-state index contributed by atoms with van der Waals surface area (Å²) in [7, 11) is 0. The molecule has 6 heteroatoms. The molecule has 0 bridgehead atoms. The largest absolute Gasteiger partial charge is 0.299 e. The van der Waals surface area contributed by atoms with Crippen LogP contribution in [0.1, 0.15) is 265 Å². The number of aryl methyl sites for hydroxylation is 2. The molecule has 5 fully saturated rings. The fourth-order valence-electron chi connectivity index (χ4n) is 17.6. The van der Waals surface area contributed by atoms with Crippen molar-refractivity contribution in [1.29, 1.82) is 0 Å². The lowest BCUT2D eigenvalue weighted by molar-refractivity contribution is -0.134. The van der Waals surface area contributed by atoms with E-state index in [0.717, 1.165) is 0 Å². The van der Waals surface area contributed by atoms with Crippen LogP contribution in [0.15, 0.2) is 48.5 Å². The third kappa shape index (κ3) is 13.9. The van der Waals surface area contributed by atoms with Crippen LogP contribution in [-0.2, 0) is 9.59 Å². The quantitative estimate of drug-likeness (QED) is 0.0457. The van der Waals surface area contributed by atoms with Crippen LogP contribution in [0.4, 0.5) is 0 Å². The monoisotopic (exact) mass is 1100 g/mol. The first kappa shape index (κ1) is 58.8. The van der Waals surface area contributed by atoms with Crippen molar-refractivity contribution < 1.29 is 9.59 Å². The summed E-state index contributed by atoms with van der Waals surface area (Å²) in [4.78, 5) is 42.6. The Labute approximate surface area is 480 Å². The number of rotatable bonds is 32. The minimum Gasteiger partial charge on any atom is -0.299 e. The van der Waals surface area contributed by atoms with Gasteiger partial charge in [-0.25, -0.2) is 0 Å². The minimum absolute atomic E-state index is 0.0488. The van der Waals surface area contributed by atoms with Crippen molar-refractivity contribution in [2.24, 2.45) is 71.0 Å². The van der Waals surface area contributed by atoms with Gasteiger partial charge in [-0.3, -0.25) is 9.59 Å². The fraction of sp³-hybridized carbons (Fsp3) is 0.743. The third-order valence-electron chi connectivity index (χ3n) is 21.0. The maximum atomic E-state index is 16.0. The summed E-state index contributed by atoms with van der Waals surface area (Å²) >= 11 is 7.76. The Morgan fingerprint density at radius 2 is 0.711 bits per heavy atom. The molecule has 0 radical (unpaired) electrons. The van der Waals surface area contributed by atoms with Crippen LogP contribution in [0.2, 0.25) is 0 Å². The molecular formula is C70H104O2S4. The molecule has 0 saturated heterocycles. The van der Waals surface area contributed by atoms with Crippen LogP contribution in [0.5, 0.6) is 0 Å². The van der Waals surface area contributed by atoms with Gasteiger partial charge in [-0.15, -0.1) is 45.3 Å². The number of ketones is 2. The van der Waals surface area contributed by atoms with Crippen molar-refractivity contribution in [3.63, 3.8) is 0 Å². The van der Waals surface area contributed by atoms with E-state index in [9.17, 15) is 0 Å². The second kappa shape index (κ2) is 29.2. The average molecular weight is 1110 g/mol. The van der Waals surface area contributed by atoms with Crippen molar-refractivity contribution in [2.45, 2.75) is 259 Å². The van der Waals surface area contributed by atoms with Gasteiger partial charge >= 0.3 is 0 Å². The smallest absolute Gasteiger partial charge is 0.145 e. The first-order chi connectivity index (χ1) is 37.2. The summed E-state index contributed by atoms with van der Waals surface area (Å²) in [6.45, 7) is 13.8. The van der Waals surface area contributed by atoms with Crippen LogP contribution in [0.25, 0.3) is 19.5 Å². The highest BCUT2D eigenvalue weighted by Gasteiger charge is 2.64. The zero-order valence-electron chi connectivity index (χ0n) is 48.8. The number of carbonyl (C=O) groups is 2. The lowest BCUT2D eigenvalue weighted by Crippen LogP contribution is -2.51. The molecule has 9 rings (SSSR count). The second-order valence-corrected chi connectivity index (χ2v) is 30.9. The SMILES string of the molecule is CCCCCCCCC1CC2CC3C(CC(CCCCCCCC)C4C(=O)C(c5ccc(-c6ccc(-c7ccc(C)s7)s6)s5)C(CCCCCCCC)C34)CC2C2C(CCCCCCCC)C(c3ccc(C)s3)C(=O)C12. The number of fused-ring (bicyclic) bond motifs is 6. The van der Waals surface area contributed by atoms with Crippen LogP contribution >= 0.6 is 45.3 Å². The number of carbonyl (C=O) groups excluding carboxylic acids is 2. The van der Waals surface area contributed by atoms with E-state index in [-0.39, 0.29) is 23.7 Å². The van der Waals surface area contributed by atoms with E-state index < -0.39 is 0 Å². The van der Waals surface area contributed by atoms with Crippen molar-refractivity contribution in [3.8, 4) is 19.5 Å². The Kier molecular flexibility index (Phi) is 22.6. The molecule has 76 heavy (non-hydrogen) atoms. The molecule has 5 aliphatic rings. The maximum absolute atomic E-state index is 16.0. The van der Waals surface area contributed by atoms with Crippen LogP contribution in [0, 0.1) is 84.9 Å². The lowest BCUT2D eigenvalue weighted by atomic mass is 9.47. The molecule has 420 valence electrons. The number of hydrogen-bond donors (Lipinski definition) is 0. The Morgan fingerprint density at radius 3 is 1.13 bits per heavy atom. The van der Waals surface area contributed by atoms with Gasteiger partial charge in [-0.05, 0) is 173 Å². The zero-order valence-corrected chi connectivity index (χ0v) is 52.0. The van der Waals surface area contributed by atoms with E-state index in [1.807, 2.05) is 45.3 Å². The fourth-order valence-corrected chi connectivity index (χ4v) is 21.9. The Balaban J connectivity index is 1.05. The van der Waals surface area contributed by atoms with Gasteiger partial charge in [0.15, 0.2) is 0 Å². The van der Waals surface area contributed by atoms with Crippen LogP contribution < -0.4 is 0 Å². The van der Waals surface area contributed by atoms with Crippen molar-refractivity contribution in [3.05, 3.63) is 68.0 Å². The van der Waals surface area contributed by atoms with Gasteiger partial charge in [0.25, 0.3) is 0 Å². The second-order valence-electron chi connectivity index (χ2n) is 26.1. The number of hydrogen-bond acceptors (Lipinski definition) is 6. The average Bonchev–Trinajstić information content (AvgIpc) is 4.31. The van der Waals surface area contributed by atoms with E-state index in [0.29, 0.717) is 70.7 Å². The molecular weight excluding hydrogens is 1000 g/mol. The molecule has 0 aromatic carbocycles. The predicted molar refractivity (Wildman–Crippen MR) is 333 cm³/mol. The highest BCUT2D eigenvalue weighted by atomic mass is 32.1. The van der Waals surface area contributed by atoms with Gasteiger partial charge in [-0.2, -0.15) is 0 Å². The molecule has 2 nitrogen and oxygen atoms in total. The van der Waals surface area contributed by atoms with E-state index >= 15 is 9.59 Å². The first-order valence-electron chi connectivity index (χ1n) is 32.6. The van der Waals surface area contributed by atoms with Crippen LogP contribution in [0.3, 0.4) is 0 Å². The normalized spacial score (nSPS) is 30.0. The van der Waals surface area contributed by atoms with Crippen molar-refractivity contribution in [1.82, 2.24) is 0 Å². The van der Waals surface area contributed by atoms with Gasteiger partial charge in [0.1, 0.15) is 11.6 Å². The topological polar surface area (TPSA) is 34.1 Å². The first-order valence-corrected chi connectivity index (χ1v) is 35.9. The highest BCUT2D eigenvalue weighted by molar-refractivity contribution is 7.26. The number of unbranched alkanes of at least 4 members (excludes halogenated alkanes) is 20. The van der Waals surface area contributed by atoms with Gasteiger partial charge in [0.05, 0.1) is 11.8 Å². The molecule has 4 aromatic heterocycles. The van der Waals surface area contributed by atoms with Gasteiger partial charge < -0.3 is 0 Å². The molecule has 0 aliphatic heterocycles. The summed E-state index contributed by atoms with van der Waals surface area (Å²) in [5, 5.41) is 0. The van der Waals surface area contributed by atoms with Gasteiger partial charge in [-0.1, -0.05) is 182 Å². The zero-order chi connectivity index (χ0) is 53.0. The Morgan fingerprint density at radius 1 is 0.368 bits per heavy atom. The molecule has 14 unspecified atom stereocenters. The van der Waals surface area contributed by atoms with Crippen LogP contribution in [-0.4, -0.2) is 11.6 Å². The molecule has 5 aliphatic carbocycles. The molecule has 0 N–H and O–H groups in total. The summed E-state index contributed by atoms with van der Waals surface area (Å²) in [6, 6.07) is 18.8. The van der Waals surface area contributed by atoms with Crippen molar-refractivity contribution >= 4 is 56.9 Å². The van der Waals surface area contributed by atoms with E-state index in [1.54, 1.807) is 0 Å². The lowest BCUT2D eigenvalue weighted by Gasteiger charge is -2.57. The van der Waals surface area contributed by atoms with Gasteiger partial charge in [0, 0.05) is 50.9 Å². The number of thiophene rings is 4. The summed E-state index contributed by atoms with van der Waals surface area (Å²) in [6.07, 6.45) is 42.0. The maximum Gasteiger partial charge on any atom is 0.145 e. The van der Waals surface area contributed by atoms with E-state index in [4.69, 9.17) is 0 Å². The molecule has 14 atom stereocenters. The predicted octanol–water partition coefficient (Wildman–Crippen LogP) is 22.9. The number of Topliss-reactive ketones (excluding diaryl/α,β-unsaturated/α-hetero) is 2. The molecule has 0 spiro atoms. The standard InChI is InChI=1S/C70H104O2S4/c1-7-11-15-19-23-27-31-49-43-51-46-56-52(45-55(51)65-53(33-29-25-21-17-13-9-3)67(69(71)63(49)65)61-38-36-48(6)74-61)44-50(32-28-24-20-16-12-8-2)64-66(56)54(34-30-26-22-18-14-10-4)68(70(64)72)62-42-41-60(76-62)59-40-39-58(75-59)57-37-35-47(5)73-57/h35-42,49-56,63-68H,7-34,43-46H2,1-6H3. The molecule has 0 amide bonds. The summed E-state index contributed by atoms with van der Waals surface area (Å²) in [5.41, 5.74) is 0.